The third kappa shape index (κ3) is 3.50. The number of hydrogen-bond donors (Lipinski definition) is 0. The van der Waals surface area contributed by atoms with E-state index >= 15 is 0 Å². The fraction of sp³-hybridized carbons (Fsp3) is 0.588. The van der Waals surface area contributed by atoms with E-state index in [1.165, 1.54) is 11.8 Å². The molecule has 2 aromatic rings. The predicted molar refractivity (Wildman–Crippen MR) is 93.7 cm³/mol. The van der Waals surface area contributed by atoms with E-state index in [0.29, 0.717) is 11.6 Å². The van der Waals surface area contributed by atoms with Crippen molar-refractivity contribution in [2.24, 2.45) is 5.92 Å². The summed E-state index contributed by atoms with van der Waals surface area (Å²) < 4.78 is 7.42. The molecule has 0 N–H and O–H groups in total. The summed E-state index contributed by atoms with van der Waals surface area (Å²) in [4.78, 5) is 14.7. The van der Waals surface area contributed by atoms with Crippen molar-refractivity contribution < 1.29 is 9.21 Å². The van der Waals surface area contributed by atoms with Crippen LogP contribution in [0.25, 0.3) is 11.6 Å². The van der Waals surface area contributed by atoms with Crippen LogP contribution in [-0.4, -0.2) is 43.9 Å². The molecule has 6 nitrogen and oxygen atoms in total. The van der Waals surface area contributed by atoms with Gasteiger partial charge in [0.2, 0.25) is 5.91 Å². The number of carbonyl (C=O) groups is 1. The molecule has 1 unspecified atom stereocenters. The Balaban J connectivity index is 1.70. The number of rotatable bonds is 5. The van der Waals surface area contributed by atoms with Gasteiger partial charge in [-0.05, 0) is 44.7 Å². The highest BCUT2D eigenvalue weighted by Crippen LogP contribution is 2.28. The summed E-state index contributed by atoms with van der Waals surface area (Å²) in [5, 5.41) is 9.10. The molecule has 0 spiro atoms. The zero-order valence-corrected chi connectivity index (χ0v) is 15.3. The van der Waals surface area contributed by atoms with Crippen LogP contribution in [0.3, 0.4) is 0 Å². The Kier molecular flexibility index (Phi) is 5.28. The first kappa shape index (κ1) is 17.1. The van der Waals surface area contributed by atoms with Gasteiger partial charge in [-0.15, -0.1) is 10.2 Å². The fourth-order valence-electron chi connectivity index (χ4n) is 2.94. The SMILES string of the molecule is CCn1c(SC(C)C(=O)N2CCC(C)CC2)nnc1-c1ccco1. The Labute approximate surface area is 146 Å². The molecule has 2 aromatic heterocycles. The minimum atomic E-state index is -0.169. The maximum absolute atomic E-state index is 12.7. The molecular formula is C17H24N4O2S. The quantitative estimate of drug-likeness (QED) is 0.776. The highest BCUT2D eigenvalue weighted by atomic mass is 32.2. The number of carbonyl (C=O) groups excluding carboxylic acids is 1. The second-order valence-corrected chi connectivity index (χ2v) is 7.60. The zero-order chi connectivity index (χ0) is 17.1. The average Bonchev–Trinajstić information content (AvgIpc) is 3.23. The molecule has 1 aliphatic heterocycles. The van der Waals surface area contributed by atoms with E-state index in [9.17, 15) is 4.79 Å². The van der Waals surface area contributed by atoms with Gasteiger partial charge >= 0.3 is 0 Å². The lowest BCUT2D eigenvalue weighted by molar-refractivity contribution is -0.131. The molecule has 0 radical (unpaired) electrons. The molecule has 0 bridgehead atoms. The number of piperidine rings is 1. The molecular weight excluding hydrogens is 324 g/mol. The molecule has 1 atom stereocenters. The van der Waals surface area contributed by atoms with E-state index in [-0.39, 0.29) is 11.2 Å². The summed E-state index contributed by atoms with van der Waals surface area (Å²) in [5.41, 5.74) is 0. The van der Waals surface area contributed by atoms with E-state index in [1.807, 2.05) is 35.4 Å². The van der Waals surface area contributed by atoms with Crippen LogP contribution in [-0.2, 0) is 11.3 Å². The first-order valence-electron chi connectivity index (χ1n) is 8.52. The van der Waals surface area contributed by atoms with E-state index < -0.39 is 0 Å². The molecule has 1 amide bonds. The third-order valence-electron chi connectivity index (χ3n) is 4.50. The van der Waals surface area contributed by atoms with Crippen LogP contribution in [0.4, 0.5) is 0 Å². The summed E-state index contributed by atoms with van der Waals surface area (Å²) in [5.74, 6) is 2.31. The first-order chi connectivity index (χ1) is 11.6. The zero-order valence-electron chi connectivity index (χ0n) is 14.4. The first-order valence-corrected chi connectivity index (χ1v) is 9.40. The van der Waals surface area contributed by atoms with Crippen molar-refractivity contribution in [3.63, 3.8) is 0 Å². The molecule has 130 valence electrons. The second kappa shape index (κ2) is 7.42. The van der Waals surface area contributed by atoms with Crippen LogP contribution in [0, 0.1) is 5.92 Å². The van der Waals surface area contributed by atoms with Crippen molar-refractivity contribution in [2.75, 3.05) is 13.1 Å². The third-order valence-corrected chi connectivity index (χ3v) is 5.57. The van der Waals surface area contributed by atoms with Crippen LogP contribution in [0.2, 0.25) is 0 Å². The van der Waals surface area contributed by atoms with Crippen molar-refractivity contribution in [2.45, 2.75) is 50.6 Å². The average molecular weight is 348 g/mol. The number of likely N-dealkylation sites (tertiary alicyclic amines) is 1. The summed E-state index contributed by atoms with van der Waals surface area (Å²) in [6, 6.07) is 3.70. The van der Waals surface area contributed by atoms with Gasteiger partial charge in [0.15, 0.2) is 16.7 Å². The maximum atomic E-state index is 12.7. The molecule has 3 rings (SSSR count). The molecule has 0 saturated carbocycles. The van der Waals surface area contributed by atoms with Gasteiger partial charge in [-0.3, -0.25) is 9.36 Å². The van der Waals surface area contributed by atoms with Crippen molar-refractivity contribution in [3.8, 4) is 11.6 Å². The Hall–Kier alpha value is -1.76. The van der Waals surface area contributed by atoms with E-state index in [2.05, 4.69) is 17.1 Å². The normalized spacial score (nSPS) is 17.2. The minimum Gasteiger partial charge on any atom is -0.461 e. The summed E-state index contributed by atoms with van der Waals surface area (Å²) in [6.07, 6.45) is 3.81. The molecule has 0 aromatic carbocycles. The molecule has 1 saturated heterocycles. The van der Waals surface area contributed by atoms with Crippen molar-refractivity contribution >= 4 is 17.7 Å². The lowest BCUT2D eigenvalue weighted by atomic mass is 9.99. The van der Waals surface area contributed by atoms with Crippen LogP contribution >= 0.6 is 11.8 Å². The standard InChI is InChI=1S/C17H24N4O2S/c1-4-21-15(14-6-5-11-23-14)18-19-17(21)24-13(3)16(22)20-9-7-12(2)8-10-20/h5-6,11-13H,4,7-10H2,1-3H3. The number of furan rings is 1. The fourth-order valence-corrected chi connectivity index (χ4v) is 3.94. The van der Waals surface area contributed by atoms with E-state index in [4.69, 9.17) is 4.42 Å². The van der Waals surface area contributed by atoms with Gasteiger partial charge in [-0.2, -0.15) is 0 Å². The number of nitrogens with zero attached hydrogens (tertiary/aromatic N) is 4. The molecule has 1 fully saturated rings. The Morgan fingerprint density at radius 1 is 1.42 bits per heavy atom. The lowest BCUT2D eigenvalue weighted by Crippen LogP contribution is -2.41. The van der Waals surface area contributed by atoms with Gasteiger partial charge in [0.05, 0.1) is 11.5 Å². The molecule has 3 heterocycles. The molecule has 24 heavy (non-hydrogen) atoms. The largest absolute Gasteiger partial charge is 0.461 e. The van der Waals surface area contributed by atoms with Crippen LogP contribution in [0.5, 0.6) is 0 Å². The maximum Gasteiger partial charge on any atom is 0.235 e. The summed E-state index contributed by atoms with van der Waals surface area (Å²) in [7, 11) is 0. The van der Waals surface area contributed by atoms with Gasteiger partial charge in [0, 0.05) is 19.6 Å². The number of hydrogen-bond acceptors (Lipinski definition) is 5. The van der Waals surface area contributed by atoms with Gasteiger partial charge in [-0.25, -0.2) is 0 Å². The second-order valence-electron chi connectivity index (χ2n) is 6.30. The van der Waals surface area contributed by atoms with Crippen LogP contribution < -0.4 is 0 Å². The summed E-state index contributed by atoms with van der Waals surface area (Å²) >= 11 is 1.47. The van der Waals surface area contributed by atoms with Gasteiger partial charge in [0.25, 0.3) is 0 Å². The predicted octanol–water partition coefficient (Wildman–Crippen LogP) is 3.30. The van der Waals surface area contributed by atoms with Crippen LogP contribution in [0.15, 0.2) is 28.0 Å². The molecule has 7 heteroatoms. The topological polar surface area (TPSA) is 64.2 Å². The van der Waals surface area contributed by atoms with Crippen LogP contribution in [0.1, 0.15) is 33.6 Å². The van der Waals surface area contributed by atoms with E-state index in [1.54, 1.807) is 6.26 Å². The Bertz CT molecular complexity index is 675. The molecule has 1 aliphatic rings. The van der Waals surface area contributed by atoms with Crippen molar-refractivity contribution in [3.05, 3.63) is 18.4 Å². The minimum absolute atomic E-state index is 0.169. The van der Waals surface area contributed by atoms with Crippen molar-refractivity contribution in [1.29, 1.82) is 0 Å². The van der Waals surface area contributed by atoms with E-state index in [0.717, 1.165) is 43.6 Å². The van der Waals surface area contributed by atoms with Gasteiger partial charge in [-0.1, -0.05) is 18.7 Å². The Morgan fingerprint density at radius 3 is 2.79 bits per heavy atom. The number of amides is 1. The molecule has 0 aliphatic carbocycles. The van der Waals surface area contributed by atoms with Crippen molar-refractivity contribution in [1.82, 2.24) is 19.7 Å². The Morgan fingerprint density at radius 2 is 2.17 bits per heavy atom. The highest BCUT2D eigenvalue weighted by Gasteiger charge is 2.27. The highest BCUT2D eigenvalue weighted by molar-refractivity contribution is 8.00. The van der Waals surface area contributed by atoms with Gasteiger partial charge < -0.3 is 9.32 Å². The number of aromatic nitrogens is 3. The smallest absolute Gasteiger partial charge is 0.235 e. The monoisotopic (exact) mass is 348 g/mol. The number of thioether (sulfide) groups is 1. The van der Waals surface area contributed by atoms with Gasteiger partial charge in [0.1, 0.15) is 0 Å². The lowest BCUT2D eigenvalue weighted by Gasteiger charge is -2.31. The summed E-state index contributed by atoms with van der Waals surface area (Å²) in [6.45, 7) is 8.70.